The number of hydrogen-bond donors (Lipinski definition) is 1. The molecule has 0 spiro atoms. The third-order valence-electron chi connectivity index (χ3n) is 6.51. The average molecular weight is 555 g/mol. The molecule has 0 aliphatic carbocycles. The van der Waals surface area contributed by atoms with E-state index in [1.54, 1.807) is 0 Å². The van der Waals surface area contributed by atoms with E-state index in [0.717, 1.165) is 35.2 Å². The molecule has 6 nitrogen and oxygen atoms in total. The predicted octanol–water partition coefficient (Wildman–Crippen LogP) is 8.28. The van der Waals surface area contributed by atoms with Gasteiger partial charge in [0.2, 0.25) is 5.91 Å². The highest BCUT2D eigenvalue weighted by molar-refractivity contribution is 6.17. The van der Waals surface area contributed by atoms with Crippen molar-refractivity contribution in [2.24, 2.45) is 5.73 Å². The van der Waals surface area contributed by atoms with Crippen LogP contribution >= 0.6 is 0 Å². The zero-order chi connectivity index (χ0) is 30.1. The number of carbonyl (C=O) groups is 2. The molecule has 0 atom stereocenters. The second-order valence-corrected chi connectivity index (χ2v) is 9.24. The topological polar surface area (TPSA) is 85.8 Å². The fourth-order valence-corrected chi connectivity index (χ4v) is 4.87. The molecule has 1 saturated heterocycles. The van der Waals surface area contributed by atoms with Gasteiger partial charge in [0.1, 0.15) is 17.1 Å². The van der Waals surface area contributed by atoms with Crippen molar-refractivity contribution in [2.45, 2.75) is 93.9 Å². The Hall–Kier alpha value is -3.12. The molecule has 0 unspecified atom stereocenters. The van der Waals surface area contributed by atoms with Gasteiger partial charge in [-0.05, 0) is 81.9 Å². The number of nitrogens with zero attached hydrogens (tertiary/aromatic N) is 1. The molecule has 2 aromatic carbocycles. The summed E-state index contributed by atoms with van der Waals surface area (Å²) in [4.78, 5) is 27.3. The Bertz CT molecular complexity index is 1160. The van der Waals surface area contributed by atoms with Crippen molar-refractivity contribution in [2.75, 3.05) is 26.2 Å². The molecule has 1 amide bonds. The van der Waals surface area contributed by atoms with Gasteiger partial charge in [-0.3, -0.25) is 9.59 Å². The molecule has 0 saturated carbocycles. The van der Waals surface area contributed by atoms with Gasteiger partial charge in [-0.2, -0.15) is 0 Å². The molecule has 3 aromatic rings. The second kappa shape index (κ2) is 19.0. The van der Waals surface area contributed by atoms with Crippen LogP contribution in [0.2, 0.25) is 0 Å². The molecule has 1 aromatic heterocycles. The van der Waals surface area contributed by atoms with Gasteiger partial charge in [0.05, 0.1) is 12.2 Å². The molecule has 2 heterocycles. The van der Waals surface area contributed by atoms with E-state index < -0.39 is 0 Å². The highest BCUT2D eigenvalue weighted by Gasteiger charge is 2.23. The Labute approximate surface area is 243 Å². The number of carbonyl (C=O) groups excluding carboxylic acids is 2. The maximum atomic E-state index is 13.7. The van der Waals surface area contributed by atoms with E-state index in [0.29, 0.717) is 41.9 Å². The van der Waals surface area contributed by atoms with Gasteiger partial charge >= 0.3 is 0 Å². The summed E-state index contributed by atoms with van der Waals surface area (Å²) in [6, 6.07) is 11.4. The van der Waals surface area contributed by atoms with Crippen LogP contribution in [0.15, 0.2) is 40.8 Å². The predicted molar refractivity (Wildman–Crippen MR) is 170 cm³/mol. The van der Waals surface area contributed by atoms with Gasteiger partial charge in [0, 0.05) is 31.8 Å². The number of likely N-dealkylation sites (tertiary alicyclic amines) is 1. The van der Waals surface area contributed by atoms with Crippen molar-refractivity contribution >= 4 is 22.7 Å². The quantitative estimate of drug-likeness (QED) is 0.190. The maximum Gasteiger partial charge on any atom is 0.217 e. The summed E-state index contributed by atoms with van der Waals surface area (Å²) in [6.45, 7) is 20.1. The monoisotopic (exact) mass is 554 g/mol. The maximum absolute atomic E-state index is 13.7. The number of nitrogens with two attached hydrogens (primary N) is 1. The van der Waals surface area contributed by atoms with E-state index >= 15 is 0 Å². The first-order valence-corrected chi connectivity index (χ1v) is 15.2. The Morgan fingerprint density at radius 2 is 1.55 bits per heavy atom. The first-order chi connectivity index (χ1) is 19.4. The summed E-state index contributed by atoms with van der Waals surface area (Å²) in [5.41, 5.74) is 9.05. The largest absolute Gasteiger partial charge is 0.493 e. The lowest BCUT2D eigenvalue weighted by Gasteiger charge is -2.17. The minimum absolute atomic E-state index is 0. The van der Waals surface area contributed by atoms with E-state index in [9.17, 15) is 9.59 Å². The van der Waals surface area contributed by atoms with Crippen molar-refractivity contribution in [1.29, 1.82) is 0 Å². The molecular weight excluding hydrogens is 500 g/mol. The zero-order valence-corrected chi connectivity index (χ0v) is 26.2. The molecule has 6 heteroatoms. The highest BCUT2D eigenvalue weighted by Crippen LogP contribution is 2.32. The molecular formula is C34H54N2O4. The summed E-state index contributed by atoms with van der Waals surface area (Å²) in [5.74, 6) is 1.03. The number of hydrogen-bond acceptors (Lipinski definition) is 5. The normalized spacial score (nSPS) is 12.4. The van der Waals surface area contributed by atoms with Crippen LogP contribution in [0.25, 0.3) is 11.0 Å². The fourth-order valence-electron chi connectivity index (χ4n) is 4.87. The minimum Gasteiger partial charge on any atom is -0.493 e. The third-order valence-corrected chi connectivity index (χ3v) is 6.51. The number of ether oxygens (including phenoxy) is 1. The number of rotatable bonds is 11. The standard InChI is InChI=1S/C28H34N2O4.3C2H6.H2/c1-19-17-21(18-20(2)28(19)33-16-8-15-30-13-5-6-14-30)27(32)26-22-9-3-4-10-23(22)34-24(26)11-7-12-25(29)31;3*1-2;/h3-4,9-10,17-18H,5-8,11-16H2,1-2H3,(H2,29,31);3*1-2H3;1H. The van der Waals surface area contributed by atoms with Crippen molar-refractivity contribution in [1.82, 2.24) is 4.90 Å². The van der Waals surface area contributed by atoms with E-state index in [2.05, 4.69) is 4.90 Å². The van der Waals surface area contributed by atoms with Gasteiger partial charge in [-0.25, -0.2) is 0 Å². The van der Waals surface area contributed by atoms with Crippen LogP contribution in [-0.4, -0.2) is 42.8 Å². The zero-order valence-electron chi connectivity index (χ0n) is 26.2. The summed E-state index contributed by atoms with van der Waals surface area (Å²) in [7, 11) is 0. The summed E-state index contributed by atoms with van der Waals surface area (Å²) in [5, 5.41) is 0.791. The number of furan rings is 1. The number of benzene rings is 2. The molecule has 1 aliphatic rings. The van der Waals surface area contributed by atoms with Crippen molar-refractivity contribution in [3.05, 3.63) is 64.4 Å². The lowest BCUT2D eigenvalue weighted by Crippen LogP contribution is -2.22. The van der Waals surface area contributed by atoms with Gasteiger partial charge < -0.3 is 19.8 Å². The summed E-state index contributed by atoms with van der Waals surface area (Å²) < 4.78 is 12.1. The number of aryl methyl sites for hydroxylation is 3. The number of amides is 1. The van der Waals surface area contributed by atoms with Crippen LogP contribution in [0.1, 0.15) is 108 Å². The first-order valence-electron chi connectivity index (χ1n) is 15.2. The van der Waals surface area contributed by atoms with Crippen LogP contribution in [0.5, 0.6) is 5.75 Å². The Morgan fingerprint density at radius 1 is 0.950 bits per heavy atom. The number of primary amides is 1. The SMILES string of the molecule is CC.CC.CC.Cc1cc(C(=O)c2c(CCCC(N)=O)oc3ccccc23)cc(C)c1OCCCN1CCCC1.[HH]. The van der Waals surface area contributed by atoms with Gasteiger partial charge in [0.15, 0.2) is 5.78 Å². The Balaban J connectivity index is 0.00000215. The van der Waals surface area contributed by atoms with Crippen molar-refractivity contribution in [3.8, 4) is 5.75 Å². The fraction of sp³-hybridized carbons (Fsp3) is 0.529. The lowest BCUT2D eigenvalue weighted by atomic mass is 9.95. The van der Waals surface area contributed by atoms with Crippen LogP contribution in [0.4, 0.5) is 0 Å². The van der Waals surface area contributed by atoms with Crippen LogP contribution in [0, 0.1) is 13.8 Å². The average Bonchev–Trinajstić information content (AvgIpc) is 3.62. The van der Waals surface area contributed by atoms with Crippen molar-refractivity contribution < 1.29 is 20.2 Å². The summed E-state index contributed by atoms with van der Waals surface area (Å²) in [6.07, 6.45) is 4.87. The lowest BCUT2D eigenvalue weighted by molar-refractivity contribution is -0.118. The second-order valence-electron chi connectivity index (χ2n) is 9.24. The smallest absolute Gasteiger partial charge is 0.217 e. The summed E-state index contributed by atoms with van der Waals surface area (Å²) >= 11 is 0. The van der Waals surface area contributed by atoms with Crippen LogP contribution in [0.3, 0.4) is 0 Å². The number of ketones is 1. The first kappa shape index (κ1) is 34.9. The molecule has 40 heavy (non-hydrogen) atoms. The van der Waals surface area contributed by atoms with Crippen LogP contribution in [-0.2, 0) is 11.2 Å². The Kier molecular flexibility index (Phi) is 16.6. The van der Waals surface area contributed by atoms with Gasteiger partial charge in [0.25, 0.3) is 0 Å². The number of para-hydroxylation sites is 1. The molecule has 1 aliphatic heterocycles. The van der Waals surface area contributed by atoms with Gasteiger partial charge in [-0.1, -0.05) is 59.7 Å². The van der Waals surface area contributed by atoms with E-state index in [4.69, 9.17) is 14.9 Å². The number of fused-ring (bicyclic) bond motifs is 1. The van der Waals surface area contributed by atoms with E-state index in [-0.39, 0.29) is 19.5 Å². The third kappa shape index (κ3) is 9.81. The highest BCUT2D eigenvalue weighted by atomic mass is 16.5. The minimum atomic E-state index is -0.355. The molecule has 0 bridgehead atoms. The van der Waals surface area contributed by atoms with Gasteiger partial charge in [-0.15, -0.1) is 0 Å². The molecule has 0 radical (unpaired) electrons. The van der Waals surface area contributed by atoms with Crippen molar-refractivity contribution in [3.63, 3.8) is 0 Å². The van der Waals surface area contributed by atoms with E-state index in [1.165, 1.54) is 25.9 Å². The molecule has 2 N–H and O–H groups in total. The Morgan fingerprint density at radius 3 is 2.15 bits per heavy atom. The van der Waals surface area contributed by atoms with Crippen LogP contribution < -0.4 is 10.5 Å². The molecule has 1 fully saturated rings. The molecule has 4 rings (SSSR count). The van der Waals surface area contributed by atoms with E-state index in [1.807, 2.05) is 91.8 Å². The molecule has 224 valence electrons.